The number of anilines is 2. The SMILES string of the molecule is Cc1cccc(NC(=O)c2ccc(NCc3ccccc3Cl)nn2)c1C. The highest BCUT2D eigenvalue weighted by molar-refractivity contribution is 6.31. The van der Waals surface area contributed by atoms with E-state index in [1.54, 1.807) is 12.1 Å². The van der Waals surface area contributed by atoms with Crippen LogP contribution in [0.1, 0.15) is 27.2 Å². The minimum Gasteiger partial charge on any atom is -0.364 e. The number of halogens is 1. The first kappa shape index (κ1) is 17.9. The van der Waals surface area contributed by atoms with Crippen molar-refractivity contribution in [1.29, 1.82) is 0 Å². The molecule has 6 heteroatoms. The summed E-state index contributed by atoms with van der Waals surface area (Å²) in [6, 6.07) is 16.7. The summed E-state index contributed by atoms with van der Waals surface area (Å²) in [6.07, 6.45) is 0. The van der Waals surface area contributed by atoms with E-state index in [1.807, 2.05) is 56.3 Å². The fourth-order valence-electron chi connectivity index (χ4n) is 2.45. The van der Waals surface area contributed by atoms with Crippen molar-refractivity contribution >= 4 is 29.0 Å². The van der Waals surface area contributed by atoms with Crippen LogP contribution in [0.3, 0.4) is 0 Å². The third-order valence-electron chi connectivity index (χ3n) is 4.17. The van der Waals surface area contributed by atoms with E-state index < -0.39 is 0 Å². The number of rotatable bonds is 5. The average molecular weight is 367 g/mol. The summed E-state index contributed by atoms with van der Waals surface area (Å²) in [5, 5.41) is 14.8. The zero-order valence-electron chi connectivity index (χ0n) is 14.6. The van der Waals surface area contributed by atoms with Crippen molar-refractivity contribution in [2.45, 2.75) is 20.4 Å². The van der Waals surface area contributed by atoms with Crippen molar-refractivity contribution in [3.05, 3.63) is 82.0 Å². The first-order chi connectivity index (χ1) is 12.5. The third-order valence-corrected chi connectivity index (χ3v) is 4.54. The van der Waals surface area contributed by atoms with Gasteiger partial charge in [-0.2, -0.15) is 0 Å². The maximum atomic E-state index is 12.4. The van der Waals surface area contributed by atoms with Crippen molar-refractivity contribution in [3.8, 4) is 0 Å². The smallest absolute Gasteiger partial charge is 0.276 e. The van der Waals surface area contributed by atoms with E-state index in [2.05, 4.69) is 20.8 Å². The van der Waals surface area contributed by atoms with Gasteiger partial charge in [-0.1, -0.05) is 41.9 Å². The van der Waals surface area contributed by atoms with E-state index in [9.17, 15) is 4.79 Å². The minimum atomic E-state index is -0.288. The van der Waals surface area contributed by atoms with Crippen molar-refractivity contribution in [1.82, 2.24) is 10.2 Å². The monoisotopic (exact) mass is 366 g/mol. The molecule has 0 aliphatic carbocycles. The number of hydrogen-bond donors (Lipinski definition) is 2. The predicted molar refractivity (Wildman–Crippen MR) is 105 cm³/mol. The second-order valence-corrected chi connectivity index (χ2v) is 6.36. The molecule has 0 saturated carbocycles. The number of benzene rings is 2. The standard InChI is InChI=1S/C20H19ClN4O/c1-13-6-5-9-17(14(13)2)23-20(26)18-10-11-19(25-24-18)22-12-15-7-3-4-8-16(15)21/h3-11H,12H2,1-2H3,(H,22,25)(H,23,26). The highest BCUT2D eigenvalue weighted by atomic mass is 35.5. The molecule has 3 rings (SSSR count). The second-order valence-electron chi connectivity index (χ2n) is 5.95. The number of hydrogen-bond acceptors (Lipinski definition) is 4. The number of nitrogens with zero attached hydrogens (tertiary/aromatic N) is 2. The van der Waals surface area contributed by atoms with Crippen LogP contribution in [0.5, 0.6) is 0 Å². The van der Waals surface area contributed by atoms with Crippen LogP contribution in [-0.2, 0) is 6.54 Å². The number of aryl methyl sites for hydroxylation is 1. The third kappa shape index (κ3) is 4.18. The molecule has 5 nitrogen and oxygen atoms in total. The van der Waals surface area contributed by atoms with E-state index in [-0.39, 0.29) is 11.6 Å². The Morgan fingerprint density at radius 3 is 2.54 bits per heavy atom. The highest BCUT2D eigenvalue weighted by Crippen LogP contribution is 2.19. The Morgan fingerprint density at radius 2 is 1.81 bits per heavy atom. The molecule has 0 aliphatic heterocycles. The Kier molecular flexibility index (Phi) is 5.49. The Bertz CT molecular complexity index is 925. The lowest BCUT2D eigenvalue weighted by Gasteiger charge is -2.10. The van der Waals surface area contributed by atoms with Crippen molar-refractivity contribution in [2.24, 2.45) is 0 Å². The van der Waals surface area contributed by atoms with Crippen LogP contribution in [0.4, 0.5) is 11.5 Å². The predicted octanol–water partition coefficient (Wildman–Crippen LogP) is 4.61. The zero-order chi connectivity index (χ0) is 18.5. The molecule has 0 radical (unpaired) electrons. The average Bonchev–Trinajstić information content (AvgIpc) is 2.65. The van der Waals surface area contributed by atoms with Gasteiger partial charge in [-0.05, 0) is 54.8 Å². The topological polar surface area (TPSA) is 66.9 Å². The van der Waals surface area contributed by atoms with Gasteiger partial charge in [-0.3, -0.25) is 4.79 Å². The molecule has 0 saturated heterocycles. The van der Waals surface area contributed by atoms with Gasteiger partial charge in [-0.25, -0.2) is 0 Å². The molecule has 0 aliphatic rings. The molecule has 0 spiro atoms. The van der Waals surface area contributed by atoms with Crippen molar-refractivity contribution < 1.29 is 4.79 Å². The Labute approximate surface area is 157 Å². The van der Waals surface area contributed by atoms with E-state index in [4.69, 9.17) is 11.6 Å². The van der Waals surface area contributed by atoms with Crippen LogP contribution >= 0.6 is 11.6 Å². The lowest BCUT2D eigenvalue weighted by Crippen LogP contribution is -2.15. The van der Waals surface area contributed by atoms with Crippen LogP contribution in [0.25, 0.3) is 0 Å². The molecule has 1 heterocycles. The van der Waals surface area contributed by atoms with Crippen LogP contribution < -0.4 is 10.6 Å². The van der Waals surface area contributed by atoms with Crippen LogP contribution in [0.15, 0.2) is 54.6 Å². The molecular weight excluding hydrogens is 348 g/mol. The van der Waals surface area contributed by atoms with E-state index in [0.29, 0.717) is 17.4 Å². The van der Waals surface area contributed by atoms with E-state index >= 15 is 0 Å². The van der Waals surface area contributed by atoms with Gasteiger partial charge in [0.1, 0.15) is 5.82 Å². The van der Waals surface area contributed by atoms with Gasteiger partial charge < -0.3 is 10.6 Å². The zero-order valence-corrected chi connectivity index (χ0v) is 15.3. The second kappa shape index (κ2) is 7.97. The molecule has 3 aromatic rings. The Balaban J connectivity index is 1.64. The number of aromatic nitrogens is 2. The summed E-state index contributed by atoms with van der Waals surface area (Å²) in [7, 11) is 0. The molecule has 1 amide bonds. The summed E-state index contributed by atoms with van der Waals surface area (Å²) in [4.78, 5) is 12.4. The summed E-state index contributed by atoms with van der Waals surface area (Å²) in [5.74, 6) is 0.289. The van der Waals surface area contributed by atoms with Crippen molar-refractivity contribution in [2.75, 3.05) is 10.6 Å². The van der Waals surface area contributed by atoms with Crippen LogP contribution in [-0.4, -0.2) is 16.1 Å². The molecule has 132 valence electrons. The Hall–Kier alpha value is -2.92. The lowest BCUT2D eigenvalue weighted by molar-refractivity contribution is 0.102. The fraction of sp³-hybridized carbons (Fsp3) is 0.150. The summed E-state index contributed by atoms with van der Waals surface area (Å²) < 4.78 is 0. The van der Waals surface area contributed by atoms with Gasteiger partial charge >= 0.3 is 0 Å². The van der Waals surface area contributed by atoms with Gasteiger partial charge in [0, 0.05) is 17.3 Å². The molecule has 0 bridgehead atoms. The molecule has 0 fully saturated rings. The largest absolute Gasteiger partial charge is 0.364 e. The maximum Gasteiger partial charge on any atom is 0.276 e. The van der Waals surface area contributed by atoms with E-state index in [0.717, 1.165) is 22.4 Å². The van der Waals surface area contributed by atoms with Gasteiger partial charge in [0.15, 0.2) is 5.69 Å². The van der Waals surface area contributed by atoms with E-state index in [1.165, 1.54) is 0 Å². The lowest BCUT2D eigenvalue weighted by atomic mass is 10.1. The van der Waals surface area contributed by atoms with Gasteiger partial charge in [0.05, 0.1) is 0 Å². The molecule has 0 unspecified atom stereocenters. The molecule has 0 atom stereocenters. The fourth-order valence-corrected chi connectivity index (χ4v) is 2.65. The van der Waals surface area contributed by atoms with Crippen LogP contribution in [0.2, 0.25) is 5.02 Å². The highest BCUT2D eigenvalue weighted by Gasteiger charge is 2.11. The van der Waals surface area contributed by atoms with Crippen LogP contribution in [0, 0.1) is 13.8 Å². The maximum absolute atomic E-state index is 12.4. The molecular formula is C20H19ClN4O. The molecule has 26 heavy (non-hydrogen) atoms. The van der Waals surface area contributed by atoms with Crippen molar-refractivity contribution in [3.63, 3.8) is 0 Å². The first-order valence-corrected chi connectivity index (χ1v) is 8.61. The minimum absolute atomic E-state index is 0.259. The first-order valence-electron chi connectivity index (χ1n) is 8.23. The normalized spacial score (nSPS) is 10.4. The number of carbonyl (C=O) groups excluding carboxylic acids is 1. The quantitative estimate of drug-likeness (QED) is 0.691. The molecule has 2 aromatic carbocycles. The summed E-state index contributed by atoms with van der Waals surface area (Å²) in [5.41, 5.74) is 4.15. The number of carbonyl (C=O) groups is 1. The summed E-state index contributed by atoms with van der Waals surface area (Å²) >= 11 is 6.13. The number of amides is 1. The summed E-state index contributed by atoms with van der Waals surface area (Å²) in [6.45, 7) is 4.50. The van der Waals surface area contributed by atoms with Gasteiger partial charge in [0.2, 0.25) is 0 Å². The number of nitrogens with one attached hydrogen (secondary N) is 2. The molecule has 1 aromatic heterocycles. The van der Waals surface area contributed by atoms with Gasteiger partial charge in [-0.15, -0.1) is 10.2 Å². The Morgan fingerprint density at radius 1 is 1.00 bits per heavy atom. The molecule has 2 N–H and O–H groups in total. The van der Waals surface area contributed by atoms with Gasteiger partial charge in [0.25, 0.3) is 5.91 Å².